The second kappa shape index (κ2) is 6.36. The Morgan fingerprint density at radius 2 is 2.05 bits per heavy atom. The number of amides is 3. The van der Waals surface area contributed by atoms with Crippen LogP contribution in [-0.2, 0) is 20.7 Å². The van der Waals surface area contributed by atoms with Crippen molar-refractivity contribution in [3.63, 3.8) is 0 Å². The molecule has 1 aromatic rings. The summed E-state index contributed by atoms with van der Waals surface area (Å²) in [5.41, 5.74) is 1.83. The number of imide groups is 1. The molecule has 0 saturated heterocycles. The lowest BCUT2D eigenvalue weighted by Crippen LogP contribution is -2.46. The standard InChI is InChI=1S/C14H16N2O5/c1-9-6-10-4-2-3-5-11(10)16(9)14(20)15-12(17)7-21-8-13(18)19/h2-5,9H,6-8H2,1H3,(H,18,19)(H,15,17,20). The number of nitrogens with zero attached hydrogens (tertiary/aromatic N) is 1. The number of rotatable bonds is 4. The van der Waals surface area contributed by atoms with Crippen LogP contribution in [0.1, 0.15) is 12.5 Å². The van der Waals surface area contributed by atoms with E-state index in [9.17, 15) is 14.4 Å². The first kappa shape index (κ1) is 15.0. The number of ether oxygens (including phenoxy) is 1. The van der Waals surface area contributed by atoms with Gasteiger partial charge in [0.2, 0.25) is 0 Å². The van der Waals surface area contributed by atoms with E-state index in [-0.39, 0.29) is 6.04 Å². The second-order valence-electron chi connectivity index (χ2n) is 4.79. The lowest BCUT2D eigenvalue weighted by atomic mass is 10.1. The zero-order chi connectivity index (χ0) is 15.4. The van der Waals surface area contributed by atoms with Gasteiger partial charge in [0.25, 0.3) is 5.91 Å². The van der Waals surface area contributed by atoms with E-state index in [1.165, 1.54) is 4.90 Å². The minimum Gasteiger partial charge on any atom is -0.480 e. The Kier molecular flexibility index (Phi) is 4.54. The van der Waals surface area contributed by atoms with E-state index in [0.29, 0.717) is 0 Å². The minimum atomic E-state index is -1.17. The molecule has 0 radical (unpaired) electrons. The van der Waals surface area contributed by atoms with Crippen LogP contribution in [0.3, 0.4) is 0 Å². The Labute approximate surface area is 121 Å². The van der Waals surface area contributed by atoms with E-state index in [0.717, 1.165) is 17.7 Å². The summed E-state index contributed by atoms with van der Waals surface area (Å²) in [5.74, 6) is -1.84. The van der Waals surface area contributed by atoms with Crippen LogP contribution in [0.25, 0.3) is 0 Å². The molecule has 0 aliphatic carbocycles. The first-order chi connectivity index (χ1) is 9.99. The number of fused-ring (bicyclic) bond motifs is 1. The number of hydrogen-bond donors (Lipinski definition) is 2. The van der Waals surface area contributed by atoms with Crippen molar-refractivity contribution in [2.45, 2.75) is 19.4 Å². The highest BCUT2D eigenvalue weighted by Gasteiger charge is 2.31. The zero-order valence-corrected chi connectivity index (χ0v) is 11.5. The molecule has 0 bridgehead atoms. The number of aliphatic carboxylic acids is 1. The van der Waals surface area contributed by atoms with Gasteiger partial charge in [-0.1, -0.05) is 18.2 Å². The number of nitrogens with one attached hydrogen (secondary N) is 1. The fourth-order valence-corrected chi connectivity index (χ4v) is 2.32. The van der Waals surface area contributed by atoms with Gasteiger partial charge in [-0.15, -0.1) is 0 Å². The predicted molar refractivity (Wildman–Crippen MR) is 74.1 cm³/mol. The minimum absolute atomic E-state index is 0.0462. The summed E-state index contributed by atoms with van der Waals surface area (Å²) in [6.45, 7) is 0.845. The molecule has 1 atom stereocenters. The SMILES string of the molecule is CC1Cc2ccccc2N1C(=O)NC(=O)COCC(=O)O. The van der Waals surface area contributed by atoms with Gasteiger partial charge < -0.3 is 9.84 Å². The van der Waals surface area contributed by atoms with E-state index in [1.807, 2.05) is 31.2 Å². The van der Waals surface area contributed by atoms with E-state index >= 15 is 0 Å². The van der Waals surface area contributed by atoms with Crippen LogP contribution >= 0.6 is 0 Å². The smallest absolute Gasteiger partial charge is 0.329 e. The molecule has 1 unspecified atom stereocenters. The summed E-state index contributed by atoms with van der Waals surface area (Å²) in [7, 11) is 0. The van der Waals surface area contributed by atoms with Crippen LogP contribution in [-0.4, -0.2) is 42.3 Å². The van der Waals surface area contributed by atoms with Gasteiger partial charge in [0.1, 0.15) is 13.2 Å². The molecule has 0 fully saturated rings. The molecule has 2 N–H and O–H groups in total. The number of benzene rings is 1. The van der Waals surface area contributed by atoms with Crippen LogP contribution in [0.4, 0.5) is 10.5 Å². The van der Waals surface area contributed by atoms with Crippen molar-refractivity contribution in [1.29, 1.82) is 0 Å². The topological polar surface area (TPSA) is 95.9 Å². The first-order valence-corrected chi connectivity index (χ1v) is 6.49. The molecule has 7 nitrogen and oxygen atoms in total. The maximum atomic E-state index is 12.1. The highest BCUT2D eigenvalue weighted by atomic mass is 16.5. The number of carbonyl (C=O) groups is 3. The molecule has 3 amide bonds. The maximum Gasteiger partial charge on any atom is 0.329 e. The number of anilines is 1. The summed E-state index contributed by atoms with van der Waals surface area (Å²) in [4.78, 5) is 35.5. The molecule has 0 saturated carbocycles. The van der Waals surface area contributed by atoms with Crippen molar-refractivity contribution in [3.8, 4) is 0 Å². The quantitative estimate of drug-likeness (QED) is 0.854. The summed E-state index contributed by atoms with van der Waals surface area (Å²) in [5, 5.41) is 10.6. The molecule has 0 spiro atoms. The van der Waals surface area contributed by atoms with Crippen molar-refractivity contribution in [2.75, 3.05) is 18.1 Å². The fraction of sp³-hybridized carbons (Fsp3) is 0.357. The Morgan fingerprint density at radius 3 is 2.76 bits per heavy atom. The van der Waals surface area contributed by atoms with Gasteiger partial charge in [0, 0.05) is 11.7 Å². The van der Waals surface area contributed by atoms with Crippen LogP contribution < -0.4 is 10.2 Å². The number of urea groups is 1. The summed E-state index contributed by atoms with van der Waals surface area (Å²) in [6.07, 6.45) is 0.729. The van der Waals surface area contributed by atoms with E-state index in [2.05, 4.69) is 10.1 Å². The van der Waals surface area contributed by atoms with Crippen LogP contribution in [0.2, 0.25) is 0 Å². The number of para-hydroxylation sites is 1. The molecule has 1 aliphatic rings. The summed E-state index contributed by atoms with van der Waals surface area (Å²) in [6, 6.07) is 6.92. The zero-order valence-electron chi connectivity index (χ0n) is 11.5. The van der Waals surface area contributed by atoms with Crippen LogP contribution in [0.5, 0.6) is 0 Å². The van der Waals surface area contributed by atoms with E-state index < -0.39 is 31.1 Å². The number of carboxylic acids is 1. The predicted octanol–water partition coefficient (Wildman–Crippen LogP) is 0.775. The Morgan fingerprint density at radius 1 is 1.33 bits per heavy atom. The molecule has 0 aromatic heterocycles. The third-order valence-electron chi connectivity index (χ3n) is 3.13. The average Bonchev–Trinajstić information content (AvgIpc) is 2.73. The monoisotopic (exact) mass is 292 g/mol. The van der Waals surface area contributed by atoms with Gasteiger partial charge >= 0.3 is 12.0 Å². The molecular weight excluding hydrogens is 276 g/mol. The third kappa shape index (κ3) is 3.57. The lowest BCUT2D eigenvalue weighted by Gasteiger charge is -2.22. The maximum absolute atomic E-state index is 12.1. The van der Waals surface area contributed by atoms with Crippen molar-refractivity contribution in [2.24, 2.45) is 0 Å². The molecule has 1 aliphatic heterocycles. The number of carbonyl (C=O) groups excluding carboxylic acids is 2. The largest absolute Gasteiger partial charge is 0.480 e. The lowest BCUT2D eigenvalue weighted by molar-refractivity contribution is -0.143. The van der Waals surface area contributed by atoms with Crippen molar-refractivity contribution in [1.82, 2.24) is 5.32 Å². The molecule has 1 heterocycles. The highest BCUT2D eigenvalue weighted by molar-refractivity contribution is 6.04. The van der Waals surface area contributed by atoms with Crippen LogP contribution in [0.15, 0.2) is 24.3 Å². The third-order valence-corrected chi connectivity index (χ3v) is 3.13. The number of hydrogen-bond acceptors (Lipinski definition) is 4. The van der Waals surface area contributed by atoms with E-state index in [1.54, 1.807) is 0 Å². The number of carboxylic acid groups (broad SMARTS) is 1. The Hall–Kier alpha value is -2.41. The normalized spacial score (nSPS) is 16.4. The van der Waals surface area contributed by atoms with Gasteiger partial charge in [-0.05, 0) is 25.0 Å². The highest BCUT2D eigenvalue weighted by Crippen LogP contribution is 2.31. The van der Waals surface area contributed by atoms with Crippen molar-refractivity contribution < 1.29 is 24.2 Å². The average molecular weight is 292 g/mol. The second-order valence-corrected chi connectivity index (χ2v) is 4.79. The summed E-state index contributed by atoms with van der Waals surface area (Å²) >= 11 is 0. The molecule has 2 rings (SSSR count). The van der Waals surface area contributed by atoms with Crippen molar-refractivity contribution >= 4 is 23.6 Å². The molecular formula is C14H16N2O5. The molecule has 7 heteroatoms. The van der Waals surface area contributed by atoms with Gasteiger partial charge in [-0.25, -0.2) is 9.59 Å². The summed E-state index contributed by atoms with van der Waals surface area (Å²) < 4.78 is 4.63. The first-order valence-electron chi connectivity index (χ1n) is 6.49. The van der Waals surface area contributed by atoms with Crippen LogP contribution in [0, 0.1) is 0 Å². The Bertz CT molecular complexity index is 572. The Balaban J connectivity index is 1.94. The molecule has 112 valence electrons. The van der Waals surface area contributed by atoms with Gasteiger partial charge in [-0.2, -0.15) is 0 Å². The van der Waals surface area contributed by atoms with Gasteiger partial charge in [0.05, 0.1) is 0 Å². The molecule has 1 aromatic carbocycles. The fourth-order valence-electron chi connectivity index (χ4n) is 2.32. The van der Waals surface area contributed by atoms with E-state index in [4.69, 9.17) is 5.11 Å². The molecule has 21 heavy (non-hydrogen) atoms. The van der Waals surface area contributed by atoms with Gasteiger partial charge in [-0.3, -0.25) is 15.0 Å². The van der Waals surface area contributed by atoms with Crippen molar-refractivity contribution in [3.05, 3.63) is 29.8 Å². The van der Waals surface area contributed by atoms with Gasteiger partial charge in [0.15, 0.2) is 0 Å².